The Morgan fingerprint density at radius 2 is 2.17 bits per heavy atom. The van der Waals surface area contributed by atoms with Crippen LogP contribution in [0.25, 0.3) is 0 Å². The highest BCUT2D eigenvalue weighted by Gasteiger charge is 2.17. The van der Waals surface area contributed by atoms with Gasteiger partial charge in [0.05, 0.1) is 6.10 Å². The van der Waals surface area contributed by atoms with E-state index in [0.717, 1.165) is 19.1 Å². The molecule has 1 aliphatic rings. The summed E-state index contributed by atoms with van der Waals surface area (Å²) < 4.78 is 5.71. The molecule has 2 heteroatoms. The van der Waals surface area contributed by atoms with Crippen molar-refractivity contribution in [3.63, 3.8) is 0 Å². The first-order valence-electron chi connectivity index (χ1n) is 7.18. The maximum Gasteiger partial charge on any atom is 0.0576 e. The lowest BCUT2D eigenvalue weighted by atomic mass is 9.93. The molecule has 2 nitrogen and oxygen atoms in total. The second-order valence-corrected chi connectivity index (χ2v) is 5.33. The van der Waals surface area contributed by atoms with Gasteiger partial charge in [0.2, 0.25) is 0 Å². The van der Waals surface area contributed by atoms with E-state index >= 15 is 0 Å². The van der Waals surface area contributed by atoms with E-state index < -0.39 is 0 Å². The normalized spacial score (nSPS) is 21.1. The van der Waals surface area contributed by atoms with E-state index in [-0.39, 0.29) is 0 Å². The van der Waals surface area contributed by atoms with Crippen LogP contribution in [-0.2, 0) is 11.2 Å². The van der Waals surface area contributed by atoms with E-state index in [9.17, 15) is 0 Å². The molecule has 0 aliphatic carbocycles. The third-order valence-corrected chi connectivity index (χ3v) is 3.78. The molecular formula is C16H25NO. The quantitative estimate of drug-likeness (QED) is 0.799. The van der Waals surface area contributed by atoms with Crippen LogP contribution in [0.1, 0.15) is 31.2 Å². The second-order valence-electron chi connectivity index (χ2n) is 5.33. The Kier molecular flexibility index (Phi) is 5.69. The molecule has 1 fully saturated rings. The lowest BCUT2D eigenvalue weighted by Crippen LogP contribution is -2.22. The number of benzene rings is 1. The van der Waals surface area contributed by atoms with Crippen LogP contribution in [0.4, 0.5) is 0 Å². The average molecular weight is 247 g/mol. The van der Waals surface area contributed by atoms with Crippen molar-refractivity contribution in [2.75, 3.05) is 20.2 Å². The van der Waals surface area contributed by atoms with Gasteiger partial charge >= 0.3 is 0 Å². The molecule has 0 amide bonds. The highest BCUT2D eigenvalue weighted by Crippen LogP contribution is 2.21. The van der Waals surface area contributed by atoms with Crippen LogP contribution in [0.5, 0.6) is 0 Å². The van der Waals surface area contributed by atoms with Gasteiger partial charge < -0.3 is 10.1 Å². The summed E-state index contributed by atoms with van der Waals surface area (Å²) in [5.74, 6) is 0.724. The Balaban J connectivity index is 1.79. The molecular weight excluding hydrogens is 222 g/mol. The van der Waals surface area contributed by atoms with Crippen LogP contribution in [0.15, 0.2) is 30.3 Å². The number of nitrogens with one attached hydrogen (secondary N) is 1. The number of hydrogen-bond donors (Lipinski definition) is 1. The molecule has 0 radical (unpaired) electrons. The zero-order valence-corrected chi connectivity index (χ0v) is 11.4. The maximum absolute atomic E-state index is 5.71. The molecule has 2 rings (SSSR count). The van der Waals surface area contributed by atoms with Crippen molar-refractivity contribution in [3.8, 4) is 0 Å². The molecule has 1 aromatic rings. The van der Waals surface area contributed by atoms with Crippen molar-refractivity contribution in [1.29, 1.82) is 0 Å². The molecule has 2 unspecified atom stereocenters. The topological polar surface area (TPSA) is 21.3 Å². The molecule has 1 aliphatic heterocycles. The third-order valence-electron chi connectivity index (χ3n) is 3.78. The maximum atomic E-state index is 5.71. The minimum atomic E-state index is 0.528. The fraction of sp³-hybridized carbons (Fsp3) is 0.625. The molecule has 100 valence electrons. The predicted octanol–water partition coefficient (Wildman–Crippen LogP) is 3.02. The van der Waals surface area contributed by atoms with Crippen molar-refractivity contribution in [2.45, 2.75) is 38.2 Å². The van der Waals surface area contributed by atoms with Crippen LogP contribution in [0.2, 0.25) is 0 Å². The predicted molar refractivity (Wildman–Crippen MR) is 75.8 cm³/mol. The molecule has 0 bridgehead atoms. The molecule has 0 aromatic heterocycles. The summed E-state index contributed by atoms with van der Waals surface area (Å²) in [5.41, 5.74) is 1.45. The second kappa shape index (κ2) is 7.55. The highest BCUT2D eigenvalue weighted by atomic mass is 16.5. The third kappa shape index (κ3) is 4.43. The van der Waals surface area contributed by atoms with Crippen molar-refractivity contribution >= 4 is 0 Å². The zero-order valence-electron chi connectivity index (χ0n) is 11.4. The molecule has 1 aromatic carbocycles. The number of ether oxygens (including phenoxy) is 1. The van der Waals surface area contributed by atoms with E-state index in [4.69, 9.17) is 4.74 Å². The van der Waals surface area contributed by atoms with Gasteiger partial charge in [-0.2, -0.15) is 0 Å². The summed E-state index contributed by atoms with van der Waals surface area (Å²) in [4.78, 5) is 0. The van der Waals surface area contributed by atoms with E-state index in [1.807, 2.05) is 7.05 Å². The Morgan fingerprint density at radius 1 is 1.33 bits per heavy atom. The van der Waals surface area contributed by atoms with Crippen LogP contribution in [0, 0.1) is 5.92 Å². The van der Waals surface area contributed by atoms with Crippen LogP contribution in [-0.4, -0.2) is 26.3 Å². The van der Waals surface area contributed by atoms with Gasteiger partial charge in [0.25, 0.3) is 0 Å². The smallest absolute Gasteiger partial charge is 0.0576 e. The van der Waals surface area contributed by atoms with Crippen molar-refractivity contribution in [1.82, 2.24) is 5.32 Å². The Bertz CT molecular complexity index is 319. The van der Waals surface area contributed by atoms with Crippen LogP contribution < -0.4 is 5.32 Å². The van der Waals surface area contributed by atoms with Gasteiger partial charge in [0.15, 0.2) is 0 Å². The molecule has 1 N–H and O–H groups in total. The standard InChI is InChI=1S/C16H25NO/c1-17-13-15(9-10-16-8-5-11-18-16)12-14-6-3-2-4-7-14/h2-4,6-7,15-17H,5,8-13H2,1H3. The van der Waals surface area contributed by atoms with Crippen LogP contribution >= 0.6 is 0 Å². The molecule has 18 heavy (non-hydrogen) atoms. The minimum Gasteiger partial charge on any atom is -0.378 e. The van der Waals surface area contributed by atoms with Gasteiger partial charge in [-0.3, -0.25) is 0 Å². The van der Waals surface area contributed by atoms with Crippen molar-refractivity contribution in [2.24, 2.45) is 5.92 Å². The summed E-state index contributed by atoms with van der Waals surface area (Å²) in [6, 6.07) is 10.8. The van der Waals surface area contributed by atoms with Gasteiger partial charge in [-0.15, -0.1) is 0 Å². The largest absolute Gasteiger partial charge is 0.378 e. The summed E-state index contributed by atoms with van der Waals surface area (Å²) in [6.45, 7) is 2.07. The molecule has 1 heterocycles. The lowest BCUT2D eigenvalue weighted by molar-refractivity contribution is 0.0980. The number of hydrogen-bond acceptors (Lipinski definition) is 2. The first-order chi connectivity index (χ1) is 8.88. The highest BCUT2D eigenvalue weighted by molar-refractivity contribution is 5.15. The van der Waals surface area contributed by atoms with Gasteiger partial charge in [0, 0.05) is 6.61 Å². The summed E-state index contributed by atoms with van der Waals surface area (Å²) in [7, 11) is 2.05. The van der Waals surface area contributed by atoms with E-state index in [1.54, 1.807) is 0 Å². The summed E-state index contributed by atoms with van der Waals surface area (Å²) in [5, 5.41) is 3.32. The van der Waals surface area contributed by atoms with Gasteiger partial charge in [-0.05, 0) is 57.2 Å². The van der Waals surface area contributed by atoms with Crippen molar-refractivity contribution < 1.29 is 4.74 Å². The zero-order chi connectivity index (χ0) is 12.6. The SMILES string of the molecule is CNCC(CCC1CCCO1)Cc1ccccc1. The van der Waals surface area contributed by atoms with E-state index in [1.165, 1.54) is 37.7 Å². The minimum absolute atomic E-state index is 0.528. The average Bonchev–Trinajstić information content (AvgIpc) is 2.91. The molecule has 0 spiro atoms. The van der Waals surface area contributed by atoms with Gasteiger partial charge in [0.1, 0.15) is 0 Å². The summed E-state index contributed by atoms with van der Waals surface area (Å²) in [6.07, 6.45) is 6.70. The fourth-order valence-electron chi connectivity index (χ4n) is 2.81. The Morgan fingerprint density at radius 3 is 2.83 bits per heavy atom. The molecule has 1 saturated heterocycles. The fourth-order valence-corrected chi connectivity index (χ4v) is 2.81. The van der Waals surface area contributed by atoms with Crippen molar-refractivity contribution in [3.05, 3.63) is 35.9 Å². The van der Waals surface area contributed by atoms with Gasteiger partial charge in [-0.25, -0.2) is 0 Å². The van der Waals surface area contributed by atoms with E-state index in [0.29, 0.717) is 6.10 Å². The monoisotopic (exact) mass is 247 g/mol. The first-order valence-corrected chi connectivity index (χ1v) is 7.18. The van der Waals surface area contributed by atoms with E-state index in [2.05, 4.69) is 35.6 Å². The Labute approximate surface area is 111 Å². The summed E-state index contributed by atoms with van der Waals surface area (Å²) >= 11 is 0. The molecule has 2 atom stereocenters. The number of rotatable bonds is 7. The lowest BCUT2D eigenvalue weighted by Gasteiger charge is -2.18. The first kappa shape index (κ1) is 13.6. The van der Waals surface area contributed by atoms with Crippen LogP contribution in [0.3, 0.4) is 0 Å². The Hall–Kier alpha value is -0.860. The molecule has 0 saturated carbocycles. The van der Waals surface area contributed by atoms with Gasteiger partial charge in [-0.1, -0.05) is 30.3 Å².